The molecule has 0 aromatic carbocycles. The molecule has 0 aliphatic carbocycles. The Morgan fingerprint density at radius 1 is 0.765 bits per heavy atom. The Balaban J connectivity index is 0.000000819. The number of nitrogens with two attached hydrogens (primary N) is 2. The van der Waals surface area contributed by atoms with Gasteiger partial charge in [0.2, 0.25) is 11.8 Å². The SMILES string of the molecule is COC(CBr)OC.COc1nc(/C(N)=N/O)ccc1-n1cnc(C)c1.COc1nc(/C(N)=N/OCC(OC)OC)ccc1-n1cnc(C)c1.[K+].[OH-]. The molecule has 0 spiro atoms. The van der Waals surface area contributed by atoms with Crippen molar-refractivity contribution < 1.29 is 95.3 Å². The third-order valence-electron chi connectivity index (χ3n) is 6.23. The fourth-order valence-electron chi connectivity index (χ4n) is 3.67. The minimum Gasteiger partial charge on any atom is -0.870 e. The Labute approximate surface area is 347 Å². The molecule has 0 fully saturated rings. The summed E-state index contributed by atoms with van der Waals surface area (Å²) in [6, 6.07) is 6.94. The molecule has 0 aliphatic heterocycles. The molecule has 19 nitrogen and oxygen atoms in total. The third-order valence-corrected chi connectivity index (χ3v) is 6.76. The van der Waals surface area contributed by atoms with Crippen LogP contribution < -0.4 is 72.3 Å². The largest absolute Gasteiger partial charge is 1.00 e. The smallest absolute Gasteiger partial charge is 0.870 e. The number of aromatic nitrogens is 6. The minimum absolute atomic E-state index is 0. The van der Waals surface area contributed by atoms with E-state index in [1.54, 1.807) is 49.6 Å². The summed E-state index contributed by atoms with van der Waals surface area (Å²) in [6.45, 7) is 3.90. The van der Waals surface area contributed by atoms with Crippen LogP contribution in [0.4, 0.5) is 0 Å². The van der Waals surface area contributed by atoms with E-state index in [4.69, 9.17) is 49.9 Å². The monoisotopic (exact) mass is 806 g/mol. The molecular weight excluding hydrogens is 763 g/mol. The molecule has 4 aromatic rings. The number of ether oxygens (including phenoxy) is 6. The Morgan fingerprint density at radius 3 is 1.51 bits per heavy atom. The number of methoxy groups -OCH3 is 6. The molecule has 0 saturated carbocycles. The van der Waals surface area contributed by atoms with Gasteiger partial charge in [0.25, 0.3) is 0 Å². The van der Waals surface area contributed by atoms with Gasteiger partial charge in [-0.1, -0.05) is 26.2 Å². The van der Waals surface area contributed by atoms with Crippen LogP contribution in [0.2, 0.25) is 0 Å². The van der Waals surface area contributed by atoms with E-state index in [0.717, 1.165) is 28.1 Å². The van der Waals surface area contributed by atoms with Gasteiger partial charge in [0.1, 0.15) is 22.8 Å². The van der Waals surface area contributed by atoms with Crippen LogP contribution in [0.15, 0.2) is 59.6 Å². The molecule has 276 valence electrons. The molecule has 51 heavy (non-hydrogen) atoms. The molecule has 0 radical (unpaired) electrons. The van der Waals surface area contributed by atoms with Gasteiger partial charge in [-0.15, -0.1) is 0 Å². The topological polar surface area (TPSA) is 253 Å². The van der Waals surface area contributed by atoms with Crippen LogP contribution in [0.3, 0.4) is 0 Å². The average Bonchev–Trinajstić information content (AvgIpc) is 3.78. The van der Waals surface area contributed by atoms with Crippen LogP contribution in [0.1, 0.15) is 22.8 Å². The van der Waals surface area contributed by atoms with Crippen molar-refractivity contribution in [2.24, 2.45) is 21.8 Å². The van der Waals surface area contributed by atoms with Gasteiger partial charge in [0.15, 0.2) is 30.9 Å². The Hall–Kier alpha value is -3.22. The van der Waals surface area contributed by atoms with Crippen LogP contribution in [0, 0.1) is 13.8 Å². The van der Waals surface area contributed by atoms with Gasteiger partial charge < -0.3 is 64.5 Å². The second-order valence-corrected chi connectivity index (χ2v) is 10.2. The molecule has 6 N–H and O–H groups in total. The van der Waals surface area contributed by atoms with Gasteiger partial charge in [-0.05, 0) is 38.1 Å². The Morgan fingerprint density at radius 2 is 1.20 bits per heavy atom. The Kier molecular flexibility index (Phi) is 24.1. The van der Waals surface area contributed by atoms with Crippen LogP contribution in [-0.2, 0) is 23.8 Å². The molecule has 4 rings (SSSR count). The molecule has 0 unspecified atom stereocenters. The third kappa shape index (κ3) is 15.1. The maximum Gasteiger partial charge on any atom is 1.00 e. The summed E-state index contributed by atoms with van der Waals surface area (Å²) in [5, 5.41) is 16.0. The van der Waals surface area contributed by atoms with Crippen LogP contribution in [0.5, 0.6) is 11.8 Å². The molecule has 0 amide bonds. The average molecular weight is 808 g/mol. The van der Waals surface area contributed by atoms with Crippen LogP contribution >= 0.6 is 15.9 Å². The predicted octanol–water partition coefficient (Wildman–Crippen LogP) is -0.654. The standard InChI is InChI=1S/C15H21N5O4.C11H13N5O2.C4H9BrO2.K.H2O/c1-10-7-20(9-17-10)12-6-5-11(18-15(12)23-4)14(16)19-24-8-13(21-2)22-3;1-7-5-16(6-13-7)9-4-3-8(10(12)15-17)14-11(9)18-2;1-6-4(3-5)7-2;;/h5-7,9,13H,8H2,1-4H3,(H2,16,19);3-6,17H,1-2H3,(H2,12,15);4H,3H2,1-2H3;;1H2/q;;;+1;/p-1. The number of alkyl halides is 1. The first-order chi connectivity index (χ1) is 23.6. The van der Waals surface area contributed by atoms with E-state index in [0.29, 0.717) is 23.1 Å². The maximum atomic E-state index is 8.61. The van der Waals surface area contributed by atoms with E-state index in [9.17, 15) is 0 Å². The summed E-state index contributed by atoms with van der Waals surface area (Å²) < 4.78 is 33.7. The van der Waals surface area contributed by atoms with Gasteiger partial charge in [-0.3, -0.25) is 0 Å². The van der Waals surface area contributed by atoms with Crippen molar-refractivity contribution in [3.05, 3.63) is 72.1 Å². The molecule has 0 atom stereocenters. The summed E-state index contributed by atoms with van der Waals surface area (Å²) >= 11 is 3.19. The van der Waals surface area contributed by atoms with Crippen LogP contribution in [0.25, 0.3) is 11.4 Å². The summed E-state index contributed by atoms with van der Waals surface area (Å²) in [7, 11) is 9.27. The van der Waals surface area contributed by atoms with Gasteiger partial charge in [-0.25, -0.2) is 19.9 Å². The van der Waals surface area contributed by atoms with E-state index < -0.39 is 6.29 Å². The number of aryl methyl sites for hydroxylation is 2. The number of pyridine rings is 2. The van der Waals surface area contributed by atoms with E-state index in [1.165, 1.54) is 28.4 Å². The van der Waals surface area contributed by atoms with Crippen molar-refractivity contribution in [1.29, 1.82) is 0 Å². The quantitative estimate of drug-likeness (QED) is 0.0272. The van der Waals surface area contributed by atoms with Gasteiger partial charge in [0, 0.05) is 40.8 Å². The number of imidazole rings is 2. The second-order valence-electron chi connectivity index (χ2n) is 9.51. The first-order valence-electron chi connectivity index (χ1n) is 14.3. The number of hydrogen-bond donors (Lipinski definition) is 3. The van der Waals surface area contributed by atoms with Crippen molar-refractivity contribution >= 4 is 27.6 Å². The second kappa shape index (κ2) is 25.7. The number of rotatable bonds is 14. The van der Waals surface area contributed by atoms with Gasteiger partial charge in [-0.2, -0.15) is 0 Å². The normalized spacial score (nSPS) is 11.0. The number of nitrogens with zero attached hydrogens (tertiary/aromatic N) is 8. The first-order valence-corrected chi connectivity index (χ1v) is 15.4. The van der Waals surface area contributed by atoms with E-state index in [1.807, 2.05) is 36.9 Å². The number of halogens is 1. The van der Waals surface area contributed by atoms with Crippen molar-refractivity contribution in [2.45, 2.75) is 26.4 Å². The van der Waals surface area contributed by atoms with Crippen LogP contribution in [-0.4, -0.2) is 119 Å². The zero-order chi connectivity index (χ0) is 36.3. The van der Waals surface area contributed by atoms with E-state index in [2.05, 4.69) is 46.2 Å². The van der Waals surface area contributed by atoms with E-state index in [-0.39, 0.29) is 81.4 Å². The molecule has 4 heterocycles. The number of hydrogen-bond acceptors (Lipinski definition) is 15. The zero-order valence-corrected chi connectivity index (χ0v) is 34.8. The molecule has 4 aromatic heterocycles. The van der Waals surface area contributed by atoms with Crippen molar-refractivity contribution in [3.8, 4) is 23.1 Å². The maximum absolute atomic E-state index is 8.61. The summed E-state index contributed by atoms with van der Waals surface area (Å²) in [5.74, 6) is 0.820. The van der Waals surface area contributed by atoms with Crippen molar-refractivity contribution in [3.63, 3.8) is 0 Å². The molecule has 0 bridgehead atoms. The van der Waals surface area contributed by atoms with Crippen molar-refractivity contribution in [2.75, 3.05) is 54.6 Å². The van der Waals surface area contributed by atoms with E-state index >= 15 is 0 Å². The fraction of sp³-hybridized carbons (Fsp3) is 0.400. The van der Waals surface area contributed by atoms with Gasteiger partial charge in [0.05, 0.1) is 43.6 Å². The minimum atomic E-state index is -0.518. The Bertz CT molecular complexity index is 1630. The first kappa shape index (κ1) is 47.8. The predicted molar refractivity (Wildman–Crippen MR) is 186 cm³/mol. The molecular formula is C30H44BrKN10O9. The molecule has 21 heteroatoms. The zero-order valence-electron chi connectivity index (χ0n) is 30.1. The number of amidine groups is 2. The number of oxime groups is 2. The summed E-state index contributed by atoms with van der Waals surface area (Å²) in [5.41, 5.74) is 15.4. The fourth-order valence-corrected chi connectivity index (χ4v) is 4.20. The molecule has 0 saturated heterocycles. The van der Waals surface area contributed by atoms with Gasteiger partial charge >= 0.3 is 51.4 Å². The summed E-state index contributed by atoms with van der Waals surface area (Å²) in [4.78, 5) is 21.9. The summed E-state index contributed by atoms with van der Waals surface area (Å²) in [6.07, 6.45) is 6.46. The molecule has 0 aliphatic rings. The van der Waals surface area contributed by atoms with Crippen molar-refractivity contribution in [1.82, 2.24) is 29.1 Å².